The number of nitrogens with one attached hydrogen (secondary N) is 2. The molecule has 9 heteroatoms. The Hall–Kier alpha value is -3.36. The minimum Gasteiger partial charge on any atom is -0.408 e. The summed E-state index contributed by atoms with van der Waals surface area (Å²) in [6.45, 7) is 5.19. The highest BCUT2D eigenvalue weighted by atomic mass is 16.4. The standard InChI is InChI=1S/C17H19N5O4/c1-10-8-11(2)21(20-10)9-15(23)18-19-16(24)12(3)22-13-6-4-5-7-14(13)26-17(22)25/h4-8,12H,9H2,1-3H3,(H,18,23)(H,19,24). The smallest absolute Gasteiger partial charge is 0.408 e. The highest BCUT2D eigenvalue weighted by Gasteiger charge is 2.21. The van der Waals surface area contributed by atoms with Crippen LogP contribution in [0.4, 0.5) is 0 Å². The van der Waals surface area contributed by atoms with Crippen molar-refractivity contribution in [2.75, 3.05) is 0 Å². The van der Waals surface area contributed by atoms with E-state index in [1.165, 1.54) is 9.25 Å². The van der Waals surface area contributed by atoms with Gasteiger partial charge in [-0.25, -0.2) is 4.79 Å². The fourth-order valence-corrected chi connectivity index (χ4v) is 2.71. The van der Waals surface area contributed by atoms with Crippen LogP contribution in [0.5, 0.6) is 0 Å². The summed E-state index contributed by atoms with van der Waals surface area (Å²) in [5, 5.41) is 4.18. The van der Waals surface area contributed by atoms with Crippen molar-refractivity contribution in [3.8, 4) is 0 Å². The molecular formula is C17H19N5O4. The first kappa shape index (κ1) is 17.5. The van der Waals surface area contributed by atoms with Crippen LogP contribution in [0.15, 0.2) is 39.5 Å². The Morgan fingerprint density at radius 3 is 2.65 bits per heavy atom. The number of oxazole rings is 1. The van der Waals surface area contributed by atoms with Crippen molar-refractivity contribution in [1.82, 2.24) is 25.2 Å². The van der Waals surface area contributed by atoms with Crippen molar-refractivity contribution < 1.29 is 14.0 Å². The Balaban J connectivity index is 1.66. The molecule has 0 bridgehead atoms. The van der Waals surface area contributed by atoms with E-state index in [1.807, 2.05) is 19.9 Å². The van der Waals surface area contributed by atoms with Gasteiger partial charge in [0.2, 0.25) is 0 Å². The van der Waals surface area contributed by atoms with Gasteiger partial charge in [0, 0.05) is 5.69 Å². The van der Waals surface area contributed by atoms with Crippen LogP contribution in [0, 0.1) is 13.8 Å². The van der Waals surface area contributed by atoms with E-state index >= 15 is 0 Å². The van der Waals surface area contributed by atoms with E-state index in [2.05, 4.69) is 16.0 Å². The number of aryl methyl sites for hydroxylation is 2. The molecule has 0 aliphatic carbocycles. The predicted molar refractivity (Wildman–Crippen MR) is 93.2 cm³/mol. The maximum absolute atomic E-state index is 12.3. The lowest BCUT2D eigenvalue weighted by Gasteiger charge is -2.14. The third-order valence-corrected chi connectivity index (χ3v) is 4.01. The van der Waals surface area contributed by atoms with Gasteiger partial charge in [0.25, 0.3) is 11.8 Å². The van der Waals surface area contributed by atoms with Gasteiger partial charge in [-0.15, -0.1) is 0 Å². The van der Waals surface area contributed by atoms with Gasteiger partial charge < -0.3 is 4.42 Å². The summed E-state index contributed by atoms with van der Waals surface area (Å²) in [4.78, 5) is 36.3. The highest BCUT2D eigenvalue weighted by Crippen LogP contribution is 2.16. The maximum Gasteiger partial charge on any atom is 0.420 e. The van der Waals surface area contributed by atoms with Crippen molar-refractivity contribution in [3.05, 3.63) is 52.3 Å². The van der Waals surface area contributed by atoms with E-state index in [9.17, 15) is 14.4 Å². The molecule has 3 aromatic rings. The number of para-hydroxylation sites is 2. The molecule has 2 amide bonds. The van der Waals surface area contributed by atoms with E-state index in [-0.39, 0.29) is 6.54 Å². The van der Waals surface area contributed by atoms with Gasteiger partial charge in [-0.3, -0.25) is 29.7 Å². The molecular weight excluding hydrogens is 338 g/mol. The first-order chi connectivity index (χ1) is 12.4. The lowest BCUT2D eigenvalue weighted by molar-refractivity contribution is -0.130. The van der Waals surface area contributed by atoms with Crippen molar-refractivity contribution >= 4 is 22.9 Å². The molecule has 1 unspecified atom stereocenters. The first-order valence-electron chi connectivity index (χ1n) is 8.06. The van der Waals surface area contributed by atoms with Crippen LogP contribution in [0.1, 0.15) is 24.4 Å². The van der Waals surface area contributed by atoms with Gasteiger partial charge in [-0.05, 0) is 39.0 Å². The monoisotopic (exact) mass is 357 g/mol. The van der Waals surface area contributed by atoms with Crippen LogP contribution in [-0.2, 0) is 16.1 Å². The van der Waals surface area contributed by atoms with Crippen molar-refractivity contribution in [2.45, 2.75) is 33.4 Å². The number of rotatable bonds is 4. The van der Waals surface area contributed by atoms with E-state index in [0.717, 1.165) is 11.4 Å². The predicted octanol–water partition coefficient (Wildman–Crippen LogP) is 0.816. The van der Waals surface area contributed by atoms with E-state index in [1.54, 1.807) is 31.2 Å². The number of aromatic nitrogens is 3. The zero-order chi connectivity index (χ0) is 18.8. The van der Waals surface area contributed by atoms with Crippen LogP contribution in [0.25, 0.3) is 11.1 Å². The van der Waals surface area contributed by atoms with Crippen LogP contribution >= 0.6 is 0 Å². The van der Waals surface area contributed by atoms with Crippen molar-refractivity contribution in [2.24, 2.45) is 0 Å². The molecule has 0 aliphatic rings. The summed E-state index contributed by atoms with van der Waals surface area (Å²) < 4.78 is 7.89. The molecule has 1 aromatic carbocycles. The average Bonchev–Trinajstić information content (AvgIpc) is 3.09. The van der Waals surface area contributed by atoms with Gasteiger partial charge >= 0.3 is 5.76 Å². The van der Waals surface area contributed by atoms with Crippen LogP contribution in [0.3, 0.4) is 0 Å². The molecule has 136 valence electrons. The topological polar surface area (TPSA) is 111 Å². The molecule has 2 heterocycles. The molecule has 2 N–H and O–H groups in total. The summed E-state index contributed by atoms with van der Waals surface area (Å²) in [5.41, 5.74) is 7.21. The summed E-state index contributed by atoms with van der Waals surface area (Å²) >= 11 is 0. The van der Waals surface area contributed by atoms with E-state index in [4.69, 9.17) is 4.42 Å². The fourth-order valence-electron chi connectivity index (χ4n) is 2.71. The minimum absolute atomic E-state index is 0.0249. The lowest BCUT2D eigenvalue weighted by Crippen LogP contribution is -2.46. The second-order valence-corrected chi connectivity index (χ2v) is 6.00. The Labute approximate surface area is 148 Å². The summed E-state index contributed by atoms with van der Waals surface area (Å²) in [6.07, 6.45) is 0. The van der Waals surface area contributed by atoms with Crippen molar-refractivity contribution in [3.63, 3.8) is 0 Å². The summed E-state index contributed by atoms with van der Waals surface area (Å²) in [6, 6.07) is 7.80. The third-order valence-electron chi connectivity index (χ3n) is 4.01. The second kappa shape index (κ2) is 6.87. The SMILES string of the molecule is Cc1cc(C)n(CC(=O)NNC(=O)C(C)n2c(=O)oc3ccccc32)n1. The molecule has 0 aliphatic heterocycles. The van der Waals surface area contributed by atoms with E-state index < -0.39 is 23.6 Å². The zero-order valence-corrected chi connectivity index (χ0v) is 14.6. The summed E-state index contributed by atoms with van der Waals surface area (Å²) in [5.74, 6) is -1.61. The first-order valence-corrected chi connectivity index (χ1v) is 8.06. The number of carbonyl (C=O) groups is 2. The maximum atomic E-state index is 12.3. The summed E-state index contributed by atoms with van der Waals surface area (Å²) in [7, 11) is 0. The number of benzene rings is 1. The molecule has 2 aromatic heterocycles. The number of nitrogens with zero attached hydrogens (tertiary/aromatic N) is 3. The highest BCUT2D eigenvalue weighted by molar-refractivity contribution is 5.85. The molecule has 1 atom stereocenters. The van der Waals surface area contributed by atoms with Crippen LogP contribution < -0.4 is 16.6 Å². The van der Waals surface area contributed by atoms with Crippen LogP contribution in [-0.4, -0.2) is 26.2 Å². The molecule has 0 radical (unpaired) electrons. The molecule has 0 saturated carbocycles. The quantitative estimate of drug-likeness (QED) is 0.672. The van der Waals surface area contributed by atoms with Gasteiger partial charge in [-0.1, -0.05) is 12.1 Å². The molecule has 0 saturated heterocycles. The fraction of sp³-hybridized carbons (Fsp3) is 0.294. The molecule has 3 rings (SSSR count). The van der Waals surface area contributed by atoms with Crippen LogP contribution in [0.2, 0.25) is 0 Å². The normalized spacial score (nSPS) is 12.1. The number of carbonyl (C=O) groups excluding carboxylic acids is 2. The number of fused-ring (bicyclic) bond motifs is 1. The lowest BCUT2D eigenvalue weighted by atomic mass is 10.2. The number of hydrogen-bond donors (Lipinski definition) is 2. The second-order valence-electron chi connectivity index (χ2n) is 6.00. The molecule has 26 heavy (non-hydrogen) atoms. The minimum atomic E-state index is -0.861. The Morgan fingerprint density at radius 2 is 1.96 bits per heavy atom. The molecule has 0 fully saturated rings. The third kappa shape index (κ3) is 3.37. The largest absolute Gasteiger partial charge is 0.420 e. The van der Waals surface area contributed by atoms with Gasteiger partial charge in [0.05, 0.1) is 11.2 Å². The Morgan fingerprint density at radius 1 is 1.23 bits per heavy atom. The van der Waals surface area contributed by atoms with Crippen molar-refractivity contribution in [1.29, 1.82) is 0 Å². The number of hydrogen-bond acceptors (Lipinski definition) is 5. The van der Waals surface area contributed by atoms with Gasteiger partial charge in [0.1, 0.15) is 12.6 Å². The number of hydrazine groups is 1. The molecule has 9 nitrogen and oxygen atoms in total. The van der Waals surface area contributed by atoms with Gasteiger partial charge in [0.15, 0.2) is 5.58 Å². The average molecular weight is 357 g/mol. The van der Waals surface area contributed by atoms with E-state index in [0.29, 0.717) is 11.1 Å². The van der Waals surface area contributed by atoms with Gasteiger partial charge in [-0.2, -0.15) is 5.10 Å². The Bertz CT molecular complexity index is 1030. The molecule has 0 spiro atoms. The number of amides is 2. The Kier molecular flexibility index (Phi) is 4.61. The zero-order valence-electron chi connectivity index (χ0n) is 14.6.